The molecule has 0 unspecified atom stereocenters. The monoisotopic (exact) mass is 346 g/mol. The molecule has 1 aliphatic carbocycles. The fraction of sp³-hybridized carbons (Fsp3) is 0.400. The van der Waals surface area contributed by atoms with E-state index >= 15 is 0 Å². The van der Waals surface area contributed by atoms with Gasteiger partial charge in [-0.1, -0.05) is 24.3 Å². The van der Waals surface area contributed by atoms with E-state index in [-0.39, 0.29) is 16.8 Å². The number of nitrogens with zero attached hydrogens (tertiary/aromatic N) is 1. The summed E-state index contributed by atoms with van der Waals surface area (Å²) < 4.78 is 40.2. The van der Waals surface area contributed by atoms with Crippen molar-refractivity contribution in [2.24, 2.45) is 0 Å². The van der Waals surface area contributed by atoms with Gasteiger partial charge in [0.25, 0.3) is 0 Å². The number of fused-ring (bicyclic) bond motifs is 2. The summed E-state index contributed by atoms with van der Waals surface area (Å²) in [5.41, 5.74) is 8.30. The van der Waals surface area contributed by atoms with E-state index in [1.165, 1.54) is 17.2 Å². The van der Waals surface area contributed by atoms with Gasteiger partial charge in [-0.2, -0.15) is 13.2 Å². The Morgan fingerprint density at radius 2 is 1.68 bits per heavy atom. The molecule has 0 atom stereocenters. The zero-order chi connectivity index (χ0) is 17.7. The van der Waals surface area contributed by atoms with Crippen LogP contribution in [0.5, 0.6) is 0 Å². The molecule has 1 fully saturated rings. The van der Waals surface area contributed by atoms with Crippen LogP contribution in [0.25, 0.3) is 0 Å². The van der Waals surface area contributed by atoms with Crippen LogP contribution in [0.1, 0.15) is 36.0 Å². The molecule has 132 valence electrons. The standard InChI is InChI=1S/C20H21F3N2/c21-20(22,23)17-13-15(24)5-6-18(17)25-11-9-19(10-12-25)8-7-14-3-1-2-4-16(14)19/h1-6,13H,7-12,24H2. The highest BCUT2D eigenvalue weighted by molar-refractivity contribution is 5.61. The predicted molar refractivity (Wildman–Crippen MR) is 93.7 cm³/mol. The van der Waals surface area contributed by atoms with Gasteiger partial charge in [-0.25, -0.2) is 0 Å². The largest absolute Gasteiger partial charge is 0.418 e. The second-order valence-corrected chi connectivity index (χ2v) is 7.20. The van der Waals surface area contributed by atoms with Gasteiger partial charge in [-0.05, 0) is 60.4 Å². The molecule has 0 saturated carbocycles. The first-order valence-electron chi connectivity index (χ1n) is 8.69. The highest BCUT2D eigenvalue weighted by Gasteiger charge is 2.42. The molecule has 2 aliphatic rings. The van der Waals surface area contributed by atoms with Gasteiger partial charge in [0.15, 0.2) is 0 Å². The minimum Gasteiger partial charge on any atom is -0.399 e. The molecule has 2 nitrogen and oxygen atoms in total. The molecule has 0 amide bonds. The van der Waals surface area contributed by atoms with Crippen LogP contribution in [0.4, 0.5) is 24.5 Å². The van der Waals surface area contributed by atoms with Crippen LogP contribution in [-0.2, 0) is 18.0 Å². The van der Waals surface area contributed by atoms with Crippen molar-refractivity contribution in [3.8, 4) is 0 Å². The quantitative estimate of drug-likeness (QED) is 0.754. The van der Waals surface area contributed by atoms with Gasteiger partial charge in [-0.15, -0.1) is 0 Å². The van der Waals surface area contributed by atoms with Crippen LogP contribution < -0.4 is 10.6 Å². The lowest BCUT2D eigenvalue weighted by Gasteiger charge is -2.42. The number of hydrogen-bond donors (Lipinski definition) is 1. The SMILES string of the molecule is Nc1ccc(N2CCC3(CCc4ccccc43)CC2)c(C(F)(F)F)c1. The molecule has 1 heterocycles. The van der Waals surface area contributed by atoms with Crippen LogP contribution >= 0.6 is 0 Å². The van der Waals surface area contributed by atoms with E-state index < -0.39 is 11.7 Å². The number of hydrogen-bond acceptors (Lipinski definition) is 2. The van der Waals surface area contributed by atoms with Crippen molar-refractivity contribution in [1.82, 2.24) is 0 Å². The van der Waals surface area contributed by atoms with Gasteiger partial charge in [-0.3, -0.25) is 0 Å². The van der Waals surface area contributed by atoms with Crippen LogP contribution in [0, 0.1) is 0 Å². The first-order valence-corrected chi connectivity index (χ1v) is 8.69. The van der Waals surface area contributed by atoms with Gasteiger partial charge in [0.05, 0.1) is 5.56 Å². The maximum absolute atomic E-state index is 13.4. The summed E-state index contributed by atoms with van der Waals surface area (Å²) >= 11 is 0. The predicted octanol–water partition coefficient (Wildman–Crippen LogP) is 4.77. The minimum absolute atomic E-state index is 0.138. The highest BCUT2D eigenvalue weighted by Crippen LogP contribution is 2.47. The zero-order valence-corrected chi connectivity index (χ0v) is 13.9. The van der Waals surface area contributed by atoms with Crippen molar-refractivity contribution in [2.75, 3.05) is 23.7 Å². The van der Waals surface area contributed by atoms with Crippen LogP contribution in [0.15, 0.2) is 42.5 Å². The molecule has 1 saturated heterocycles. The maximum Gasteiger partial charge on any atom is 0.418 e. The molecule has 0 bridgehead atoms. The summed E-state index contributed by atoms with van der Waals surface area (Å²) in [5, 5.41) is 0. The number of anilines is 2. The topological polar surface area (TPSA) is 29.3 Å². The van der Waals surface area contributed by atoms with Crippen molar-refractivity contribution in [3.05, 3.63) is 59.2 Å². The van der Waals surface area contributed by atoms with Crippen molar-refractivity contribution in [2.45, 2.75) is 37.3 Å². The number of nitrogen functional groups attached to an aromatic ring is 1. The Morgan fingerprint density at radius 3 is 2.40 bits per heavy atom. The van der Waals surface area contributed by atoms with Gasteiger partial charge < -0.3 is 10.6 Å². The average Bonchev–Trinajstić information content (AvgIpc) is 2.94. The molecule has 1 aliphatic heterocycles. The third kappa shape index (κ3) is 2.75. The number of rotatable bonds is 1. The van der Waals surface area contributed by atoms with E-state index in [1.54, 1.807) is 6.07 Å². The second kappa shape index (κ2) is 5.68. The Hall–Kier alpha value is -2.17. The lowest BCUT2D eigenvalue weighted by atomic mass is 9.73. The summed E-state index contributed by atoms with van der Waals surface area (Å²) in [6.45, 7) is 1.28. The number of piperidine rings is 1. The minimum atomic E-state index is -4.39. The lowest BCUT2D eigenvalue weighted by molar-refractivity contribution is -0.137. The fourth-order valence-corrected chi connectivity index (χ4v) is 4.52. The van der Waals surface area contributed by atoms with Crippen molar-refractivity contribution >= 4 is 11.4 Å². The van der Waals surface area contributed by atoms with Gasteiger partial charge in [0.1, 0.15) is 0 Å². The lowest BCUT2D eigenvalue weighted by Crippen LogP contribution is -2.42. The number of nitrogens with two attached hydrogens (primary N) is 1. The normalized spacial score (nSPS) is 19.2. The molecule has 25 heavy (non-hydrogen) atoms. The van der Waals surface area contributed by atoms with E-state index in [0.717, 1.165) is 31.7 Å². The summed E-state index contributed by atoms with van der Waals surface area (Å²) in [5.74, 6) is 0. The Bertz CT molecular complexity index is 790. The first-order chi connectivity index (χ1) is 11.9. The molecule has 0 radical (unpaired) electrons. The third-order valence-electron chi connectivity index (χ3n) is 5.85. The van der Waals surface area contributed by atoms with E-state index in [4.69, 9.17) is 5.73 Å². The van der Waals surface area contributed by atoms with Crippen molar-refractivity contribution in [1.29, 1.82) is 0 Å². The Labute approximate surface area is 145 Å². The molecule has 0 aromatic heterocycles. The van der Waals surface area contributed by atoms with Crippen molar-refractivity contribution < 1.29 is 13.2 Å². The number of alkyl halides is 3. The molecule has 2 aromatic carbocycles. The summed E-state index contributed by atoms with van der Waals surface area (Å²) in [6.07, 6.45) is -0.420. The van der Waals surface area contributed by atoms with Gasteiger partial charge >= 0.3 is 6.18 Å². The number of halogens is 3. The van der Waals surface area contributed by atoms with E-state index in [2.05, 4.69) is 24.3 Å². The van der Waals surface area contributed by atoms with Gasteiger partial charge in [0, 0.05) is 24.5 Å². The summed E-state index contributed by atoms with van der Waals surface area (Å²) in [7, 11) is 0. The van der Waals surface area contributed by atoms with E-state index in [1.807, 2.05) is 4.90 Å². The maximum atomic E-state index is 13.4. The Morgan fingerprint density at radius 1 is 0.960 bits per heavy atom. The number of benzene rings is 2. The zero-order valence-electron chi connectivity index (χ0n) is 13.9. The number of aryl methyl sites for hydroxylation is 1. The van der Waals surface area contributed by atoms with E-state index in [0.29, 0.717) is 13.1 Å². The molecule has 4 rings (SSSR count). The van der Waals surface area contributed by atoms with Crippen LogP contribution in [0.3, 0.4) is 0 Å². The molecular formula is C20H21F3N2. The molecule has 2 aromatic rings. The molecule has 5 heteroatoms. The molecular weight excluding hydrogens is 325 g/mol. The first kappa shape index (κ1) is 16.3. The van der Waals surface area contributed by atoms with Crippen LogP contribution in [-0.4, -0.2) is 13.1 Å². The Kier molecular flexibility index (Phi) is 3.71. The molecule has 2 N–H and O–H groups in total. The fourth-order valence-electron chi connectivity index (χ4n) is 4.52. The highest BCUT2D eigenvalue weighted by atomic mass is 19.4. The third-order valence-corrected chi connectivity index (χ3v) is 5.85. The summed E-state index contributed by atoms with van der Waals surface area (Å²) in [4.78, 5) is 1.87. The van der Waals surface area contributed by atoms with Crippen LogP contribution in [0.2, 0.25) is 0 Å². The summed E-state index contributed by atoms with van der Waals surface area (Å²) in [6, 6.07) is 12.6. The van der Waals surface area contributed by atoms with Gasteiger partial charge in [0.2, 0.25) is 0 Å². The average molecular weight is 346 g/mol. The Balaban J connectivity index is 1.60. The molecule has 1 spiro atoms. The smallest absolute Gasteiger partial charge is 0.399 e. The van der Waals surface area contributed by atoms with E-state index in [9.17, 15) is 13.2 Å². The van der Waals surface area contributed by atoms with Crippen molar-refractivity contribution in [3.63, 3.8) is 0 Å². The second-order valence-electron chi connectivity index (χ2n) is 7.20.